The number of hydrogen-bond acceptors (Lipinski definition) is 8. The van der Waals surface area contributed by atoms with Crippen LogP contribution in [0.4, 0.5) is 15.3 Å². The molecule has 1 N–H and O–H groups in total. The summed E-state index contributed by atoms with van der Waals surface area (Å²) in [5.74, 6) is -2.73. The second-order valence-electron chi connectivity index (χ2n) is 9.01. The summed E-state index contributed by atoms with van der Waals surface area (Å²) in [4.78, 5) is 80.6. The second-order valence-corrected chi connectivity index (χ2v) is 9.01. The Bertz CT molecular complexity index is 1230. The third-order valence-corrected chi connectivity index (χ3v) is 7.14. The van der Waals surface area contributed by atoms with Crippen LogP contribution in [0.3, 0.4) is 0 Å². The number of morpholine rings is 1. The van der Waals surface area contributed by atoms with Crippen LogP contribution in [0.5, 0.6) is 0 Å². The van der Waals surface area contributed by atoms with Crippen LogP contribution in [-0.4, -0.2) is 97.3 Å². The highest BCUT2D eigenvalue weighted by atomic mass is 16.5. The summed E-state index contributed by atoms with van der Waals surface area (Å²) in [5, 5.41) is 2.11. The van der Waals surface area contributed by atoms with Gasteiger partial charge in [-0.25, -0.2) is 9.59 Å². The fourth-order valence-electron chi connectivity index (χ4n) is 5.27. The smallest absolute Gasteiger partial charge is 0.332 e. The van der Waals surface area contributed by atoms with Gasteiger partial charge in [-0.3, -0.25) is 39.2 Å². The Hall–Kier alpha value is -4.06. The average molecular weight is 481 g/mol. The van der Waals surface area contributed by atoms with Gasteiger partial charge >= 0.3 is 12.1 Å². The lowest BCUT2D eigenvalue weighted by molar-refractivity contribution is -0.161. The summed E-state index contributed by atoms with van der Waals surface area (Å²) in [6, 6.07) is 3.14. The number of urea groups is 2. The zero-order chi connectivity index (χ0) is 25.2. The van der Waals surface area contributed by atoms with E-state index in [0.29, 0.717) is 24.3 Å². The van der Waals surface area contributed by atoms with Crippen LogP contribution in [0, 0.1) is 5.41 Å². The molecule has 182 valence electrons. The average Bonchev–Trinajstić information content (AvgIpc) is 2.86. The number of barbiturate groups is 2. The fraction of sp³-hybridized carbons (Fsp3) is 0.391. The van der Waals surface area contributed by atoms with Crippen molar-refractivity contribution in [3.63, 3.8) is 0 Å². The standard InChI is InChI=1S/C23H23N5O7/c1-25-18(30)14(17(29)24-21(25)33)9-12-4-5-15-13(8-12)10-23(16-11-35-7-6-28(15)16)19(31)26(2)22(34)27(3)20(23)32/h4-5,8-9,16H,6-7,10-11H2,1-3H3,(H,24,29,33)/b14-9+/t16-/m0/s1. The van der Waals surface area contributed by atoms with Crippen molar-refractivity contribution < 1.29 is 33.5 Å². The molecule has 35 heavy (non-hydrogen) atoms. The van der Waals surface area contributed by atoms with Crippen molar-refractivity contribution in [2.24, 2.45) is 5.41 Å². The molecular weight excluding hydrogens is 458 g/mol. The van der Waals surface area contributed by atoms with Gasteiger partial charge in [0.15, 0.2) is 5.41 Å². The molecule has 0 bridgehead atoms. The highest BCUT2D eigenvalue weighted by molar-refractivity contribution is 6.30. The summed E-state index contributed by atoms with van der Waals surface area (Å²) in [7, 11) is 3.97. The Balaban J connectivity index is 1.61. The summed E-state index contributed by atoms with van der Waals surface area (Å²) >= 11 is 0. The third-order valence-electron chi connectivity index (χ3n) is 7.14. The number of ether oxygens (including phenoxy) is 1. The molecular formula is C23H23N5O7. The number of rotatable bonds is 1. The quantitative estimate of drug-likeness (QED) is 0.324. The molecule has 0 aliphatic carbocycles. The second kappa shape index (κ2) is 7.73. The predicted molar refractivity (Wildman–Crippen MR) is 120 cm³/mol. The Labute approximate surface area is 200 Å². The number of benzene rings is 1. The lowest BCUT2D eigenvalue weighted by Crippen LogP contribution is -2.73. The van der Waals surface area contributed by atoms with E-state index in [0.717, 1.165) is 20.4 Å². The number of nitrogens with zero attached hydrogens (tertiary/aromatic N) is 4. The van der Waals surface area contributed by atoms with Crippen LogP contribution in [0.1, 0.15) is 11.1 Å². The van der Waals surface area contributed by atoms with Gasteiger partial charge in [0.1, 0.15) is 5.57 Å². The maximum absolute atomic E-state index is 13.5. The van der Waals surface area contributed by atoms with E-state index >= 15 is 0 Å². The summed E-state index contributed by atoms with van der Waals surface area (Å²) in [5.41, 5.74) is 0.169. The number of nitrogens with one attached hydrogen (secondary N) is 1. The molecule has 8 amide bonds. The minimum atomic E-state index is -1.57. The van der Waals surface area contributed by atoms with Gasteiger partial charge in [0, 0.05) is 33.4 Å². The summed E-state index contributed by atoms with van der Waals surface area (Å²) < 4.78 is 5.65. The van der Waals surface area contributed by atoms with Gasteiger partial charge in [-0.1, -0.05) is 6.07 Å². The molecule has 3 fully saturated rings. The van der Waals surface area contributed by atoms with Crippen molar-refractivity contribution in [2.75, 3.05) is 45.8 Å². The van der Waals surface area contributed by atoms with Crippen LogP contribution in [0.25, 0.3) is 6.08 Å². The molecule has 0 unspecified atom stereocenters. The number of fused-ring (bicyclic) bond motifs is 4. The molecule has 1 atom stereocenters. The molecule has 3 saturated heterocycles. The van der Waals surface area contributed by atoms with E-state index in [1.807, 2.05) is 11.0 Å². The minimum Gasteiger partial charge on any atom is -0.377 e. The Morgan fingerprint density at radius 2 is 1.69 bits per heavy atom. The number of hydrogen-bond donors (Lipinski definition) is 1. The maximum atomic E-state index is 13.5. The first-order valence-electron chi connectivity index (χ1n) is 11.0. The SMILES string of the molecule is CN1C(=O)NC(=O)/C(=C\c2ccc3c(c2)CC2(C(=O)N(C)C(=O)N(C)C2=O)[C@@H]2COCCN32)C1=O. The molecule has 1 spiro atoms. The van der Waals surface area contributed by atoms with E-state index in [1.165, 1.54) is 27.2 Å². The fourth-order valence-corrected chi connectivity index (χ4v) is 5.27. The minimum absolute atomic E-state index is 0.0159. The van der Waals surface area contributed by atoms with Gasteiger partial charge < -0.3 is 9.64 Å². The van der Waals surface area contributed by atoms with E-state index in [-0.39, 0.29) is 18.6 Å². The summed E-state index contributed by atoms with van der Waals surface area (Å²) in [6.07, 6.45) is 1.38. The highest BCUT2D eigenvalue weighted by Crippen LogP contribution is 2.46. The number of carbonyl (C=O) groups excluding carboxylic acids is 6. The first kappa shape index (κ1) is 22.7. The lowest BCUT2D eigenvalue weighted by Gasteiger charge is -2.54. The molecule has 5 rings (SSSR count). The number of imide groups is 4. The Morgan fingerprint density at radius 3 is 2.37 bits per heavy atom. The Morgan fingerprint density at radius 1 is 1.00 bits per heavy atom. The number of anilines is 1. The van der Waals surface area contributed by atoms with Crippen LogP contribution in [-0.2, 0) is 30.3 Å². The van der Waals surface area contributed by atoms with E-state index in [9.17, 15) is 28.8 Å². The molecule has 4 heterocycles. The molecule has 0 saturated carbocycles. The van der Waals surface area contributed by atoms with Crippen molar-refractivity contribution in [3.8, 4) is 0 Å². The van der Waals surface area contributed by atoms with Crippen LogP contribution in [0.15, 0.2) is 23.8 Å². The van der Waals surface area contributed by atoms with Gasteiger partial charge in [0.05, 0.1) is 19.3 Å². The van der Waals surface area contributed by atoms with E-state index < -0.39 is 47.1 Å². The van der Waals surface area contributed by atoms with Gasteiger partial charge in [-0.05, 0) is 35.8 Å². The van der Waals surface area contributed by atoms with Gasteiger partial charge in [-0.15, -0.1) is 0 Å². The topological polar surface area (TPSA) is 137 Å². The van der Waals surface area contributed by atoms with Crippen molar-refractivity contribution in [3.05, 3.63) is 34.9 Å². The maximum Gasteiger partial charge on any atom is 0.332 e. The van der Waals surface area contributed by atoms with E-state index in [1.54, 1.807) is 12.1 Å². The number of likely N-dealkylation sites (N-methyl/N-ethyl adjacent to an activating group) is 1. The lowest BCUT2D eigenvalue weighted by atomic mass is 9.68. The normalized spacial score (nSPS) is 25.3. The predicted octanol–water partition coefficient (Wildman–Crippen LogP) is -0.424. The van der Waals surface area contributed by atoms with Crippen LogP contribution < -0.4 is 10.2 Å². The number of carbonyl (C=O) groups is 6. The van der Waals surface area contributed by atoms with Crippen molar-refractivity contribution in [2.45, 2.75) is 12.5 Å². The Kier molecular flexibility index (Phi) is 5.02. The van der Waals surface area contributed by atoms with Crippen molar-refractivity contribution >= 4 is 47.5 Å². The van der Waals surface area contributed by atoms with Crippen molar-refractivity contribution in [1.29, 1.82) is 0 Å². The largest absolute Gasteiger partial charge is 0.377 e. The van der Waals surface area contributed by atoms with Gasteiger partial charge in [-0.2, -0.15) is 0 Å². The van der Waals surface area contributed by atoms with Crippen molar-refractivity contribution in [1.82, 2.24) is 20.0 Å². The van der Waals surface area contributed by atoms with E-state index in [4.69, 9.17) is 4.74 Å². The van der Waals surface area contributed by atoms with Crippen LogP contribution in [0.2, 0.25) is 0 Å². The number of amides is 8. The highest BCUT2D eigenvalue weighted by Gasteiger charge is 2.63. The monoisotopic (exact) mass is 481 g/mol. The molecule has 4 aliphatic heterocycles. The molecule has 1 aromatic carbocycles. The van der Waals surface area contributed by atoms with Gasteiger partial charge in [0.2, 0.25) is 11.8 Å². The molecule has 0 radical (unpaired) electrons. The third kappa shape index (κ3) is 3.09. The molecule has 0 aromatic heterocycles. The molecule has 12 heteroatoms. The zero-order valence-corrected chi connectivity index (χ0v) is 19.4. The molecule has 1 aromatic rings. The molecule has 4 aliphatic rings. The zero-order valence-electron chi connectivity index (χ0n) is 19.4. The first-order valence-corrected chi connectivity index (χ1v) is 11.0. The first-order chi connectivity index (χ1) is 16.6. The molecule has 12 nitrogen and oxygen atoms in total. The van der Waals surface area contributed by atoms with Gasteiger partial charge in [0.25, 0.3) is 11.8 Å². The van der Waals surface area contributed by atoms with Crippen LogP contribution >= 0.6 is 0 Å². The van der Waals surface area contributed by atoms with E-state index in [2.05, 4.69) is 5.32 Å². The summed E-state index contributed by atoms with van der Waals surface area (Å²) in [6.45, 7) is 0.989.